The SMILES string of the molecule is C=C(CCC(=C)c1ccc2c(c1)CCCC2)c1ccc(N)cc1. The van der Waals surface area contributed by atoms with Crippen molar-refractivity contribution in [1.82, 2.24) is 0 Å². The first-order chi connectivity index (χ1) is 11.1. The van der Waals surface area contributed by atoms with Crippen molar-refractivity contribution >= 4 is 16.8 Å². The molecule has 2 N–H and O–H groups in total. The normalized spacial score (nSPS) is 13.4. The van der Waals surface area contributed by atoms with E-state index >= 15 is 0 Å². The lowest BCUT2D eigenvalue weighted by Gasteiger charge is -2.17. The highest BCUT2D eigenvalue weighted by Crippen LogP contribution is 2.28. The summed E-state index contributed by atoms with van der Waals surface area (Å²) in [4.78, 5) is 0. The molecule has 1 nitrogen and oxygen atoms in total. The molecule has 0 saturated heterocycles. The Morgan fingerprint density at radius 1 is 0.783 bits per heavy atom. The molecule has 0 unspecified atom stereocenters. The number of anilines is 1. The van der Waals surface area contributed by atoms with E-state index in [0.29, 0.717) is 0 Å². The minimum Gasteiger partial charge on any atom is -0.399 e. The Morgan fingerprint density at radius 3 is 2.04 bits per heavy atom. The summed E-state index contributed by atoms with van der Waals surface area (Å²) in [5.41, 5.74) is 14.4. The monoisotopic (exact) mass is 303 g/mol. The second-order valence-corrected chi connectivity index (χ2v) is 6.52. The molecule has 0 fully saturated rings. The van der Waals surface area contributed by atoms with Crippen molar-refractivity contribution in [1.29, 1.82) is 0 Å². The lowest BCUT2D eigenvalue weighted by molar-refractivity contribution is 0.685. The first-order valence-electron chi connectivity index (χ1n) is 8.47. The number of hydrogen-bond donors (Lipinski definition) is 1. The second-order valence-electron chi connectivity index (χ2n) is 6.52. The number of aryl methyl sites for hydroxylation is 2. The fourth-order valence-electron chi connectivity index (χ4n) is 3.26. The van der Waals surface area contributed by atoms with Crippen LogP contribution in [0.15, 0.2) is 55.6 Å². The molecule has 0 radical (unpaired) electrons. The number of nitrogen functional groups attached to an aromatic ring is 1. The molecule has 0 aromatic heterocycles. The molecular formula is C22H25N. The zero-order valence-corrected chi connectivity index (χ0v) is 13.8. The van der Waals surface area contributed by atoms with E-state index in [1.807, 2.05) is 24.3 Å². The Labute approximate surface area is 139 Å². The maximum absolute atomic E-state index is 5.74. The highest BCUT2D eigenvalue weighted by Gasteiger charge is 2.11. The van der Waals surface area contributed by atoms with Gasteiger partial charge in [0.15, 0.2) is 0 Å². The van der Waals surface area contributed by atoms with Gasteiger partial charge in [-0.1, -0.05) is 43.5 Å². The van der Waals surface area contributed by atoms with Crippen LogP contribution in [0.5, 0.6) is 0 Å². The number of benzene rings is 2. The van der Waals surface area contributed by atoms with Crippen molar-refractivity contribution in [2.75, 3.05) is 5.73 Å². The molecule has 23 heavy (non-hydrogen) atoms. The van der Waals surface area contributed by atoms with Gasteiger partial charge in [-0.05, 0) is 84.1 Å². The second kappa shape index (κ2) is 6.87. The molecule has 2 aromatic carbocycles. The summed E-state index contributed by atoms with van der Waals surface area (Å²) in [7, 11) is 0. The number of allylic oxidation sites excluding steroid dienone is 2. The molecule has 0 spiro atoms. The summed E-state index contributed by atoms with van der Waals surface area (Å²) in [6.07, 6.45) is 6.97. The van der Waals surface area contributed by atoms with E-state index in [1.165, 1.54) is 47.9 Å². The quantitative estimate of drug-likeness (QED) is 0.709. The van der Waals surface area contributed by atoms with Gasteiger partial charge in [-0.25, -0.2) is 0 Å². The van der Waals surface area contributed by atoms with Crippen LogP contribution in [0.1, 0.15) is 47.9 Å². The van der Waals surface area contributed by atoms with Gasteiger partial charge in [0.1, 0.15) is 0 Å². The molecule has 2 aromatic rings. The molecule has 0 saturated carbocycles. The van der Waals surface area contributed by atoms with E-state index in [-0.39, 0.29) is 0 Å². The highest BCUT2D eigenvalue weighted by molar-refractivity contribution is 5.70. The number of fused-ring (bicyclic) bond motifs is 1. The smallest absolute Gasteiger partial charge is 0.0314 e. The van der Waals surface area contributed by atoms with Crippen LogP contribution in [0, 0.1) is 0 Å². The van der Waals surface area contributed by atoms with Crippen molar-refractivity contribution in [3.63, 3.8) is 0 Å². The summed E-state index contributed by atoms with van der Waals surface area (Å²) >= 11 is 0. The van der Waals surface area contributed by atoms with Gasteiger partial charge < -0.3 is 5.73 Å². The molecule has 0 heterocycles. The Hall–Kier alpha value is -2.28. The summed E-state index contributed by atoms with van der Waals surface area (Å²) in [6.45, 7) is 8.50. The third kappa shape index (κ3) is 3.73. The van der Waals surface area contributed by atoms with E-state index in [9.17, 15) is 0 Å². The lowest BCUT2D eigenvalue weighted by Crippen LogP contribution is -2.03. The average molecular weight is 303 g/mol. The fraction of sp³-hybridized carbons (Fsp3) is 0.273. The molecule has 1 heteroatoms. The molecule has 0 amide bonds. The molecule has 0 atom stereocenters. The Morgan fingerprint density at radius 2 is 1.35 bits per heavy atom. The Kier molecular flexibility index (Phi) is 4.66. The van der Waals surface area contributed by atoms with Crippen molar-refractivity contribution < 1.29 is 0 Å². The molecule has 0 aliphatic heterocycles. The molecule has 1 aliphatic carbocycles. The van der Waals surface area contributed by atoms with Crippen LogP contribution in [0.3, 0.4) is 0 Å². The van der Waals surface area contributed by atoms with E-state index in [1.54, 1.807) is 0 Å². The van der Waals surface area contributed by atoms with Crippen LogP contribution >= 0.6 is 0 Å². The summed E-state index contributed by atoms with van der Waals surface area (Å²) in [5, 5.41) is 0. The van der Waals surface area contributed by atoms with Crippen LogP contribution in [0.2, 0.25) is 0 Å². The van der Waals surface area contributed by atoms with E-state index < -0.39 is 0 Å². The van der Waals surface area contributed by atoms with Crippen LogP contribution < -0.4 is 5.73 Å². The zero-order chi connectivity index (χ0) is 16.2. The maximum atomic E-state index is 5.74. The number of rotatable bonds is 5. The van der Waals surface area contributed by atoms with Crippen LogP contribution in [0.4, 0.5) is 5.69 Å². The van der Waals surface area contributed by atoms with Crippen molar-refractivity contribution in [2.24, 2.45) is 0 Å². The Bertz CT molecular complexity index is 722. The standard InChI is InChI=1S/C22H25N/c1-16(18-11-13-22(23)14-12-18)7-8-17(2)20-10-9-19-5-3-4-6-21(19)15-20/h9-15H,1-8,23H2. The zero-order valence-electron chi connectivity index (χ0n) is 13.8. The average Bonchev–Trinajstić information content (AvgIpc) is 2.59. The van der Waals surface area contributed by atoms with E-state index in [4.69, 9.17) is 5.73 Å². The van der Waals surface area contributed by atoms with Gasteiger partial charge in [0.25, 0.3) is 0 Å². The molecule has 3 rings (SSSR count). The van der Waals surface area contributed by atoms with Crippen molar-refractivity contribution in [2.45, 2.75) is 38.5 Å². The predicted molar refractivity (Wildman–Crippen MR) is 101 cm³/mol. The number of nitrogens with two attached hydrogens (primary N) is 1. The molecule has 118 valence electrons. The van der Waals surface area contributed by atoms with Gasteiger partial charge in [-0.2, -0.15) is 0 Å². The topological polar surface area (TPSA) is 26.0 Å². The van der Waals surface area contributed by atoms with Gasteiger partial charge >= 0.3 is 0 Å². The third-order valence-electron chi connectivity index (χ3n) is 4.80. The predicted octanol–water partition coefficient (Wildman–Crippen LogP) is 5.65. The van der Waals surface area contributed by atoms with Gasteiger partial charge in [-0.3, -0.25) is 0 Å². The third-order valence-corrected chi connectivity index (χ3v) is 4.80. The van der Waals surface area contributed by atoms with E-state index in [2.05, 4.69) is 31.4 Å². The lowest BCUT2D eigenvalue weighted by atomic mass is 9.88. The van der Waals surface area contributed by atoms with Gasteiger partial charge in [0, 0.05) is 5.69 Å². The highest BCUT2D eigenvalue weighted by atomic mass is 14.5. The van der Waals surface area contributed by atoms with Gasteiger partial charge in [-0.15, -0.1) is 0 Å². The van der Waals surface area contributed by atoms with E-state index in [0.717, 1.165) is 29.7 Å². The van der Waals surface area contributed by atoms with Crippen molar-refractivity contribution in [3.05, 3.63) is 77.9 Å². The molecule has 0 bridgehead atoms. The van der Waals surface area contributed by atoms with Gasteiger partial charge in [0.05, 0.1) is 0 Å². The first-order valence-corrected chi connectivity index (χ1v) is 8.47. The summed E-state index contributed by atoms with van der Waals surface area (Å²) in [5.74, 6) is 0. The molecule has 1 aliphatic rings. The number of hydrogen-bond acceptors (Lipinski definition) is 1. The largest absolute Gasteiger partial charge is 0.399 e. The first kappa shape index (κ1) is 15.6. The maximum Gasteiger partial charge on any atom is 0.0314 e. The van der Waals surface area contributed by atoms with Gasteiger partial charge in [0.2, 0.25) is 0 Å². The van der Waals surface area contributed by atoms with Crippen molar-refractivity contribution in [3.8, 4) is 0 Å². The fourth-order valence-corrected chi connectivity index (χ4v) is 3.26. The van der Waals surface area contributed by atoms with Crippen LogP contribution in [-0.4, -0.2) is 0 Å². The Balaban J connectivity index is 1.63. The minimum absolute atomic E-state index is 0.792. The van der Waals surface area contributed by atoms with Crippen LogP contribution in [-0.2, 0) is 12.8 Å². The van der Waals surface area contributed by atoms with Crippen LogP contribution in [0.25, 0.3) is 11.1 Å². The summed E-state index contributed by atoms with van der Waals surface area (Å²) in [6, 6.07) is 14.8. The molecular weight excluding hydrogens is 278 g/mol. The minimum atomic E-state index is 0.792. The summed E-state index contributed by atoms with van der Waals surface area (Å²) < 4.78 is 0.